The Hall–Kier alpha value is -2.90. The van der Waals surface area contributed by atoms with Gasteiger partial charge in [0.15, 0.2) is 0 Å². The molecule has 1 saturated carbocycles. The minimum Gasteiger partial charge on any atom is -0.497 e. The van der Waals surface area contributed by atoms with Gasteiger partial charge < -0.3 is 14.4 Å². The summed E-state index contributed by atoms with van der Waals surface area (Å²) in [6.45, 7) is 0.737. The third-order valence-corrected chi connectivity index (χ3v) is 6.23. The molecule has 0 unspecified atom stereocenters. The lowest BCUT2D eigenvalue weighted by molar-refractivity contribution is -0.142. The minimum atomic E-state index is -0.271. The zero-order chi connectivity index (χ0) is 23.4. The van der Waals surface area contributed by atoms with Gasteiger partial charge in [0.25, 0.3) is 5.91 Å². The fourth-order valence-electron chi connectivity index (χ4n) is 3.94. The average Bonchev–Trinajstić information content (AvgIpc) is 3.60. The molecule has 2 amide bonds. The lowest BCUT2D eigenvalue weighted by Crippen LogP contribution is -2.43. The van der Waals surface area contributed by atoms with Gasteiger partial charge in [-0.15, -0.1) is 0 Å². The first-order valence-corrected chi connectivity index (χ1v) is 11.4. The van der Waals surface area contributed by atoms with Crippen LogP contribution in [0.5, 0.6) is 5.75 Å². The van der Waals surface area contributed by atoms with E-state index in [0.29, 0.717) is 24.6 Å². The average molecular weight is 470 g/mol. The summed E-state index contributed by atoms with van der Waals surface area (Å²) in [7, 11) is 3.21. The largest absolute Gasteiger partial charge is 0.497 e. The number of hydrogen-bond acceptors (Lipinski definition) is 5. The van der Waals surface area contributed by atoms with Crippen LogP contribution in [-0.4, -0.2) is 61.4 Å². The molecule has 0 N–H and O–H groups in total. The zero-order valence-electron chi connectivity index (χ0n) is 18.9. The van der Waals surface area contributed by atoms with Crippen LogP contribution in [0.3, 0.4) is 0 Å². The van der Waals surface area contributed by atoms with Crippen molar-refractivity contribution in [3.63, 3.8) is 0 Å². The third kappa shape index (κ3) is 5.54. The third-order valence-electron chi connectivity index (χ3n) is 5.97. The predicted octanol–water partition coefficient (Wildman–Crippen LogP) is 3.91. The van der Waals surface area contributed by atoms with Crippen molar-refractivity contribution < 1.29 is 19.1 Å². The fourth-order valence-corrected chi connectivity index (χ4v) is 4.06. The van der Waals surface area contributed by atoms with Crippen molar-refractivity contribution in [1.82, 2.24) is 9.91 Å². The molecule has 0 spiro atoms. The van der Waals surface area contributed by atoms with Crippen molar-refractivity contribution in [3.8, 4) is 5.75 Å². The van der Waals surface area contributed by atoms with Gasteiger partial charge in [-0.3, -0.25) is 9.59 Å². The molecule has 7 nitrogen and oxygen atoms in total. The Kier molecular flexibility index (Phi) is 7.30. The molecule has 2 aromatic rings. The molecule has 0 bridgehead atoms. The smallest absolute Gasteiger partial charge is 0.262 e. The van der Waals surface area contributed by atoms with Gasteiger partial charge in [-0.25, -0.2) is 5.01 Å². The van der Waals surface area contributed by atoms with Crippen LogP contribution in [0, 0.1) is 5.92 Å². The van der Waals surface area contributed by atoms with Crippen LogP contribution in [0.15, 0.2) is 53.6 Å². The summed E-state index contributed by atoms with van der Waals surface area (Å²) in [6.07, 6.45) is 2.33. The van der Waals surface area contributed by atoms with Gasteiger partial charge in [0.2, 0.25) is 5.91 Å². The summed E-state index contributed by atoms with van der Waals surface area (Å²) in [4.78, 5) is 27.8. The van der Waals surface area contributed by atoms with E-state index in [-0.39, 0.29) is 30.3 Å². The Balaban J connectivity index is 1.59. The number of halogens is 1. The van der Waals surface area contributed by atoms with Crippen LogP contribution >= 0.6 is 11.6 Å². The number of benzene rings is 2. The van der Waals surface area contributed by atoms with Crippen molar-refractivity contribution in [3.05, 3.63) is 64.7 Å². The van der Waals surface area contributed by atoms with Crippen LogP contribution in [0.4, 0.5) is 0 Å². The summed E-state index contributed by atoms with van der Waals surface area (Å²) in [5.74, 6) is 0.580. The van der Waals surface area contributed by atoms with Crippen molar-refractivity contribution in [2.24, 2.45) is 11.0 Å². The van der Waals surface area contributed by atoms with Crippen LogP contribution in [0.25, 0.3) is 0 Å². The first-order chi connectivity index (χ1) is 16.0. The Morgan fingerprint density at radius 1 is 1.09 bits per heavy atom. The second kappa shape index (κ2) is 10.4. The highest BCUT2D eigenvalue weighted by molar-refractivity contribution is 6.30. The molecule has 1 fully saturated rings. The van der Waals surface area contributed by atoms with Crippen molar-refractivity contribution in [1.29, 1.82) is 0 Å². The molecule has 1 heterocycles. The van der Waals surface area contributed by atoms with E-state index in [9.17, 15) is 9.59 Å². The summed E-state index contributed by atoms with van der Waals surface area (Å²) in [5, 5.41) is 6.85. The number of carbonyl (C=O) groups excluding carboxylic acids is 2. The number of hydrogen-bond donors (Lipinski definition) is 0. The predicted molar refractivity (Wildman–Crippen MR) is 126 cm³/mol. The summed E-state index contributed by atoms with van der Waals surface area (Å²) in [6, 6.07) is 14.8. The summed E-state index contributed by atoms with van der Waals surface area (Å²) < 4.78 is 10.4. The van der Waals surface area contributed by atoms with E-state index in [1.807, 2.05) is 48.5 Å². The Bertz CT molecular complexity index is 1020. The number of rotatable bonds is 9. The molecule has 174 valence electrons. The molecule has 0 radical (unpaired) electrons. The maximum absolute atomic E-state index is 13.4. The lowest BCUT2D eigenvalue weighted by Gasteiger charge is -2.27. The molecule has 8 heteroatoms. The van der Waals surface area contributed by atoms with Gasteiger partial charge in [-0.2, -0.15) is 5.10 Å². The molecule has 1 aliphatic carbocycles. The van der Waals surface area contributed by atoms with E-state index in [2.05, 4.69) is 0 Å². The van der Waals surface area contributed by atoms with Crippen LogP contribution in [0.1, 0.15) is 36.4 Å². The maximum Gasteiger partial charge on any atom is 0.262 e. The number of hydrazone groups is 1. The van der Waals surface area contributed by atoms with Gasteiger partial charge in [0, 0.05) is 31.0 Å². The van der Waals surface area contributed by atoms with Crippen LogP contribution in [0.2, 0.25) is 5.02 Å². The molecule has 0 aromatic heterocycles. The maximum atomic E-state index is 13.4. The Morgan fingerprint density at radius 3 is 2.39 bits per heavy atom. The summed E-state index contributed by atoms with van der Waals surface area (Å²) in [5.41, 5.74) is 2.68. The van der Waals surface area contributed by atoms with Gasteiger partial charge in [-0.05, 0) is 60.4 Å². The molecule has 1 aliphatic heterocycles. The topological polar surface area (TPSA) is 71.4 Å². The monoisotopic (exact) mass is 469 g/mol. The number of methoxy groups -OCH3 is 2. The molecule has 4 rings (SSSR count). The van der Waals surface area contributed by atoms with Gasteiger partial charge in [-0.1, -0.05) is 23.7 Å². The highest BCUT2D eigenvalue weighted by atomic mass is 35.5. The van der Waals surface area contributed by atoms with E-state index in [0.717, 1.165) is 35.4 Å². The van der Waals surface area contributed by atoms with Gasteiger partial charge in [0.05, 0.1) is 25.5 Å². The Labute approximate surface area is 198 Å². The second-order valence-corrected chi connectivity index (χ2v) is 8.75. The van der Waals surface area contributed by atoms with Gasteiger partial charge >= 0.3 is 0 Å². The SMILES string of the molecule is COCCN(CC(=O)N1N=C(c2ccc(OC)cc2)C[C@@H]1c1ccc(Cl)cc1)C(=O)C1CC1. The first-order valence-electron chi connectivity index (χ1n) is 11.1. The van der Waals surface area contributed by atoms with Crippen LogP contribution in [-0.2, 0) is 14.3 Å². The molecule has 2 aromatic carbocycles. The number of nitrogens with zero attached hydrogens (tertiary/aromatic N) is 3. The number of carbonyl (C=O) groups is 2. The van der Waals surface area contributed by atoms with E-state index >= 15 is 0 Å². The van der Waals surface area contributed by atoms with E-state index in [1.54, 1.807) is 19.1 Å². The van der Waals surface area contributed by atoms with E-state index in [4.69, 9.17) is 26.2 Å². The molecule has 2 aliphatic rings. The Morgan fingerprint density at radius 2 is 1.79 bits per heavy atom. The van der Waals surface area contributed by atoms with Crippen LogP contribution < -0.4 is 4.74 Å². The zero-order valence-corrected chi connectivity index (χ0v) is 19.6. The normalized spacial score (nSPS) is 17.6. The standard InChI is InChI=1S/C25H28ClN3O4/c1-32-14-13-28(25(31)19-3-4-19)16-24(30)29-23(18-5-9-20(26)10-6-18)15-22(27-29)17-7-11-21(33-2)12-8-17/h5-12,19,23H,3-4,13-16H2,1-2H3/t23-/m1/s1. The molecular weight excluding hydrogens is 442 g/mol. The van der Waals surface area contributed by atoms with E-state index in [1.165, 1.54) is 5.01 Å². The molecular formula is C25H28ClN3O4. The highest BCUT2D eigenvalue weighted by Crippen LogP contribution is 2.35. The van der Waals surface area contributed by atoms with Crippen molar-refractivity contribution in [2.75, 3.05) is 33.9 Å². The van der Waals surface area contributed by atoms with Crippen molar-refractivity contribution in [2.45, 2.75) is 25.3 Å². The summed E-state index contributed by atoms with van der Waals surface area (Å²) >= 11 is 6.08. The molecule has 1 atom stereocenters. The first kappa shape index (κ1) is 23.3. The minimum absolute atomic E-state index is 0.0157. The molecule has 0 saturated heterocycles. The number of ether oxygens (including phenoxy) is 2. The molecule has 33 heavy (non-hydrogen) atoms. The van der Waals surface area contributed by atoms with Gasteiger partial charge in [0.1, 0.15) is 12.3 Å². The van der Waals surface area contributed by atoms with Crippen molar-refractivity contribution >= 4 is 29.1 Å². The van der Waals surface area contributed by atoms with E-state index < -0.39 is 0 Å². The second-order valence-electron chi connectivity index (χ2n) is 8.31. The fraction of sp³-hybridized carbons (Fsp3) is 0.400. The highest BCUT2D eigenvalue weighted by Gasteiger charge is 2.37. The lowest BCUT2D eigenvalue weighted by atomic mass is 9.98. The quantitative estimate of drug-likeness (QED) is 0.558. The number of amides is 2.